The minimum Gasteiger partial charge on any atom is -0.456 e. The fourth-order valence-electron chi connectivity index (χ4n) is 1.99. The molecule has 4 nitrogen and oxygen atoms in total. The predicted molar refractivity (Wildman–Crippen MR) is 64.8 cm³/mol. The molecule has 1 aromatic rings. The third-order valence-electron chi connectivity index (χ3n) is 3.02. The van der Waals surface area contributed by atoms with Gasteiger partial charge in [-0.2, -0.15) is 5.26 Å². The minimum absolute atomic E-state index is 0.178. The third-order valence-corrected chi connectivity index (χ3v) is 3.02. The Morgan fingerprint density at radius 3 is 2.78 bits per heavy atom. The maximum atomic E-state index is 11.8. The Labute approximate surface area is 106 Å². The molecule has 0 N–H and O–H groups in total. The van der Waals surface area contributed by atoms with E-state index in [4.69, 9.17) is 14.7 Å². The van der Waals surface area contributed by atoms with Crippen molar-refractivity contribution in [2.45, 2.75) is 38.1 Å². The lowest BCUT2D eigenvalue weighted by Gasteiger charge is -2.19. The summed E-state index contributed by atoms with van der Waals surface area (Å²) >= 11 is 0. The quantitative estimate of drug-likeness (QED) is 0.767. The molecule has 1 aliphatic heterocycles. The highest BCUT2D eigenvalue weighted by Gasteiger charge is 2.31. The second-order valence-electron chi connectivity index (χ2n) is 4.35. The van der Waals surface area contributed by atoms with Crippen LogP contribution in [0.3, 0.4) is 0 Å². The molecule has 0 amide bonds. The van der Waals surface area contributed by atoms with Gasteiger partial charge >= 0.3 is 5.97 Å². The van der Waals surface area contributed by atoms with Crippen LogP contribution in [0.4, 0.5) is 0 Å². The Hall–Kier alpha value is -1.86. The monoisotopic (exact) mass is 245 g/mol. The molecule has 18 heavy (non-hydrogen) atoms. The van der Waals surface area contributed by atoms with Gasteiger partial charge in [0, 0.05) is 0 Å². The first-order valence-corrected chi connectivity index (χ1v) is 6.02. The van der Waals surface area contributed by atoms with Crippen molar-refractivity contribution >= 4 is 5.97 Å². The molecule has 0 spiro atoms. The van der Waals surface area contributed by atoms with Crippen molar-refractivity contribution in [3.05, 3.63) is 35.9 Å². The molecule has 2 rings (SSSR count). The number of rotatable bonds is 3. The van der Waals surface area contributed by atoms with Crippen molar-refractivity contribution in [2.24, 2.45) is 0 Å². The average molecular weight is 245 g/mol. The summed E-state index contributed by atoms with van der Waals surface area (Å²) in [6, 6.07) is 10.9. The van der Waals surface area contributed by atoms with Crippen molar-refractivity contribution < 1.29 is 14.3 Å². The lowest BCUT2D eigenvalue weighted by molar-refractivity contribution is -0.0321. The van der Waals surface area contributed by atoms with E-state index in [-0.39, 0.29) is 24.3 Å². The lowest BCUT2D eigenvalue weighted by atomic mass is 10.1. The second-order valence-corrected chi connectivity index (χ2v) is 4.35. The SMILES string of the molecule is C[C@@H](OC(=O)c1ccccc1)[C@@H]1CCC(C#N)O1. The maximum Gasteiger partial charge on any atom is 0.338 e. The fraction of sp³-hybridized carbons (Fsp3) is 0.429. The van der Waals surface area contributed by atoms with Crippen LogP contribution in [-0.2, 0) is 9.47 Å². The van der Waals surface area contributed by atoms with Gasteiger partial charge in [-0.25, -0.2) is 4.79 Å². The van der Waals surface area contributed by atoms with Crippen LogP contribution in [0.1, 0.15) is 30.1 Å². The lowest BCUT2D eigenvalue weighted by Crippen LogP contribution is -2.28. The molecule has 0 aromatic heterocycles. The largest absolute Gasteiger partial charge is 0.456 e. The van der Waals surface area contributed by atoms with Crippen LogP contribution in [0.25, 0.3) is 0 Å². The molecular formula is C14H15NO3. The Balaban J connectivity index is 1.91. The van der Waals surface area contributed by atoms with Gasteiger partial charge in [0.25, 0.3) is 0 Å². The molecule has 1 saturated heterocycles. The predicted octanol–water partition coefficient (Wildman–Crippen LogP) is 2.30. The van der Waals surface area contributed by atoms with Crippen LogP contribution >= 0.6 is 0 Å². The Morgan fingerprint density at radius 2 is 2.17 bits per heavy atom. The van der Waals surface area contributed by atoms with Gasteiger partial charge in [-0.3, -0.25) is 0 Å². The summed E-state index contributed by atoms with van der Waals surface area (Å²) in [5.41, 5.74) is 0.527. The van der Waals surface area contributed by atoms with Crippen molar-refractivity contribution in [3.8, 4) is 6.07 Å². The summed E-state index contributed by atoms with van der Waals surface area (Å²) in [5.74, 6) is -0.355. The minimum atomic E-state index is -0.368. The van der Waals surface area contributed by atoms with E-state index in [1.54, 1.807) is 31.2 Å². The van der Waals surface area contributed by atoms with E-state index in [1.165, 1.54) is 0 Å². The summed E-state index contributed by atoms with van der Waals surface area (Å²) in [5, 5.41) is 8.74. The highest BCUT2D eigenvalue weighted by molar-refractivity contribution is 5.89. The van der Waals surface area contributed by atoms with Gasteiger partial charge in [0.1, 0.15) is 12.2 Å². The van der Waals surface area contributed by atoms with E-state index in [0.29, 0.717) is 12.0 Å². The van der Waals surface area contributed by atoms with Gasteiger partial charge in [0.05, 0.1) is 17.7 Å². The molecule has 4 heteroatoms. The molecule has 1 unspecified atom stereocenters. The molecule has 1 heterocycles. The first-order chi connectivity index (χ1) is 8.70. The van der Waals surface area contributed by atoms with Gasteiger partial charge in [-0.05, 0) is 31.9 Å². The summed E-state index contributed by atoms with van der Waals surface area (Å²) in [7, 11) is 0. The molecule has 0 radical (unpaired) electrons. The van der Waals surface area contributed by atoms with E-state index in [1.807, 2.05) is 6.07 Å². The molecule has 1 aliphatic rings. The van der Waals surface area contributed by atoms with E-state index in [2.05, 4.69) is 6.07 Å². The van der Waals surface area contributed by atoms with Crippen LogP contribution in [-0.4, -0.2) is 24.3 Å². The second kappa shape index (κ2) is 5.65. The highest BCUT2D eigenvalue weighted by Crippen LogP contribution is 2.23. The number of carbonyl (C=O) groups excluding carboxylic acids is 1. The van der Waals surface area contributed by atoms with Gasteiger partial charge in [-0.1, -0.05) is 18.2 Å². The first-order valence-electron chi connectivity index (χ1n) is 6.02. The number of esters is 1. The van der Waals surface area contributed by atoms with E-state index < -0.39 is 0 Å². The summed E-state index contributed by atoms with van der Waals surface area (Å²) < 4.78 is 10.8. The van der Waals surface area contributed by atoms with Crippen LogP contribution in [0, 0.1) is 11.3 Å². The Kier molecular flexibility index (Phi) is 3.96. The van der Waals surface area contributed by atoms with Gasteiger partial charge in [0.15, 0.2) is 0 Å². The Morgan fingerprint density at radius 1 is 1.44 bits per heavy atom. The third kappa shape index (κ3) is 2.88. The van der Waals surface area contributed by atoms with Gasteiger partial charge in [-0.15, -0.1) is 0 Å². The average Bonchev–Trinajstić information content (AvgIpc) is 2.88. The molecular weight excluding hydrogens is 230 g/mol. The van der Waals surface area contributed by atoms with Crippen molar-refractivity contribution in [2.75, 3.05) is 0 Å². The normalized spacial score (nSPS) is 24.2. The molecule has 1 fully saturated rings. The molecule has 0 saturated carbocycles. The van der Waals surface area contributed by atoms with Gasteiger partial charge < -0.3 is 9.47 Å². The van der Waals surface area contributed by atoms with Crippen molar-refractivity contribution in [3.63, 3.8) is 0 Å². The fourth-order valence-corrected chi connectivity index (χ4v) is 1.99. The van der Waals surface area contributed by atoms with Crippen LogP contribution in [0.2, 0.25) is 0 Å². The smallest absolute Gasteiger partial charge is 0.338 e. The zero-order valence-electron chi connectivity index (χ0n) is 10.2. The van der Waals surface area contributed by atoms with Crippen molar-refractivity contribution in [1.82, 2.24) is 0 Å². The standard InChI is InChI=1S/C14H15NO3/c1-10(13-8-7-12(9-15)18-13)17-14(16)11-5-3-2-4-6-11/h2-6,10,12-13H,7-8H2,1H3/t10-,12?,13+/m1/s1. The summed E-state index contributed by atoms with van der Waals surface area (Å²) in [6.45, 7) is 1.80. The highest BCUT2D eigenvalue weighted by atomic mass is 16.6. The molecule has 94 valence electrons. The first kappa shape index (κ1) is 12.6. The topological polar surface area (TPSA) is 59.3 Å². The number of carbonyl (C=O) groups is 1. The molecule has 1 aromatic carbocycles. The molecule has 3 atom stereocenters. The maximum absolute atomic E-state index is 11.8. The zero-order chi connectivity index (χ0) is 13.0. The summed E-state index contributed by atoms with van der Waals surface area (Å²) in [4.78, 5) is 11.8. The number of hydrogen-bond donors (Lipinski definition) is 0. The molecule has 0 bridgehead atoms. The summed E-state index contributed by atoms with van der Waals surface area (Å²) in [6.07, 6.45) is 0.571. The molecule has 0 aliphatic carbocycles. The van der Waals surface area contributed by atoms with Crippen LogP contribution in [0.5, 0.6) is 0 Å². The Bertz CT molecular complexity index is 452. The van der Waals surface area contributed by atoms with Crippen LogP contribution < -0.4 is 0 Å². The van der Waals surface area contributed by atoms with E-state index in [0.717, 1.165) is 6.42 Å². The van der Waals surface area contributed by atoms with E-state index in [9.17, 15) is 4.79 Å². The number of nitriles is 1. The van der Waals surface area contributed by atoms with Crippen LogP contribution in [0.15, 0.2) is 30.3 Å². The number of benzene rings is 1. The number of ether oxygens (including phenoxy) is 2. The van der Waals surface area contributed by atoms with Gasteiger partial charge in [0.2, 0.25) is 0 Å². The van der Waals surface area contributed by atoms with Crippen molar-refractivity contribution in [1.29, 1.82) is 5.26 Å². The van der Waals surface area contributed by atoms with E-state index >= 15 is 0 Å². The number of hydrogen-bond acceptors (Lipinski definition) is 4. The number of nitrogens with zero attached hydrogens (tertiary/aromatic N) is 1. The zero-order valence-corrected chi connectivity index (χ0v) is 10.2.